The minimum atomic E-state index is -1.29. The van der Waals surface area contributed by atoms with E-state index in [1.165, 1.54) is 0 Å². The number of hydrogen-bond donors (Lipinski definition) is 8. The number of aliphatic hydroxyl groups is 1. The SMILES string of the molecule is Cc1ccc(C(=O)NC[C@@H]2NC(=N)N3CC(NC(=O)c4cccc5c4OCCC5(C)C)[C@@H](O)C34NC(=N)NC24)nc1. The van der Waals surface area contributed by atoms with Crippen molar-refractivity contribution in [3.05, 3.63) is 58.9 Å². The number of aliphatic hydroxyl groups excluding tert-OH is 1. The summed E-state index contributed by atoms with van der Waals surface area (Å²) in [5.74, 6) is -0.211. The first kappa shape index (κ1) is 26.8. The predicted molar refractivity (Wildman–Crippen MR) is 150 cm³/mol. The van der Waals surface area contributed by atoms with Crippen molar-refractivity contribution >= 4 is 23.7 Å². The summed E-state index contributed by atoms with van der Waals surface area (Å²) in [5.41, 5.74) is 1.14. The van der Waals surface area contributed by atoms with Crippen molar-refractivity contribution in [2.75, 3.05) is 19.7 Å². The number of guanidine groups is 2. The zero-order valence-electron chi connectivity index (χ0n) is 23.2. The van der Waals surface area contributed by atoms with Gasteiger partial charge in [0.25, 0.3) is 11.8 Å². The largest absolute Gasteiger partial charge is 0.492 e. The van der Waals surface area contributed by atoms with Crippen molar-refractivity contribution < 1.29 is 19.4 Å². The molecule has 5 heterocycles. The number of hydrogen-bond acceptors (Lipinski definition) is 7. The van der Waals surface area contributed by atoms with E-state index in [2.05, 4.69) is 45.4 Å². The Balaban J connectivity index is 1.22. The van der Waals surface area contributed by atoms with Gasteiger partial charge in [-0.3, -0.25) is 25.4 Å². The molecule has 3 fully saturated rings. The minimum Gasteiger partial charge on any atom is -0.492 e. The highest BCUT2D eigenvalue weighted by atomic mass is 16.5. The molecule has 13 heteroatoms. The molecule has 2 aromatic rings. The lowest BCUT2D eigenvalue weighted by atomic mass is 9.79. The Morgan fingerprint density at radius 3 is 2.76 bits per heavy atom. The van der Waals surface area contributed by atoms with Crippen LogP contribution >= 0.6 is 0 Å². The highest BCUT2D eigenvalue weighted by Crippen LogP contribution is 2.41. The van der Waals surface area contributed by atoms with Gasteiger partial charge in [-0.2, -0.15) is 0 Å². The van der Waals surface area contributed by atoms with Crippen LogP contribution in [0.25, 0.3) is 0 Å². The summed E-state index contributed by atoms with van der Waals surface area (Å²) in [6.07, 6.45) is 1.26. The maximum atomic E-state index is 13.5. The van der Waals surface area contributed by atoms with E-state index in [1.54, 1.807) is 29.3 Å². The van der Waals surface area contributed by atoms with Gasteiger partial charge in [0.15, 0.2) is 17.6 Å². The van der Waals surface area contributed by atoms with Crippen molar-refractivity contribution in [1.82, 2.24) is 36.5 Å². The lowest BCUT2D eigenvalue weighted by Crippen LogP contribution is -2.78. The smallest absolute Gasteiger partial charge is 0.269 e. The van der Waals surface area contributed by atoms with Gasteiger partial charge in [-0.25, -0.2) is 0 Å². The number of aryl methyl sites for hydroxylation is 1. The summed E-state index contributed by atoms with van der Waals surface area (Å²) in [5, 5.41) is 43.8. The highest BCUT2D eigenvalue weighted by Gasteiger charge is 2.66. The third-order valence-electron chi connectivity index (χ3n) is 8.66. The Morgan fingerprint density at radius 1 is 1.20 bits per heavy atom. The minimum absolute atomic E-state index is 0.0101. The maximum Gasteiger partial charge on any atom is 0.269 e. The van der Waals surface area contributed by atoms with E-state index in [9.17, 15) is 14.7 Å². The van der Waals surface area contributed by atoms with Crippen molar-refractivity contribution in [3.63, 3.8) is 0 Å². The second-order valence-electron chi connectivity index (χ2n) is 11.8. The van der Waals surface area contributed by atoms with Crippen LogP contribution in [0.3, 0.4) is 0 Å². The first-order valence-corrected chi connectivity index (χ1v) is 13.7. The quantitative estimate of drug-likeness (QED) is 0.244. The zero-order chi connectivity index (χ0) is 29.1. The van der Waals surface area contributed by atoms with Crippen LogP contribution in [-0.4, -0.2) is 88.3 Å². The number of amides is 2. The molecule has 216 valence electrons. The Hall–Kier alpha value is -4.39. The molecular formula is C28H35N9O4. The van der Waals surface area contributed by atoms with Crippen molar-refractivity contribution in [2.24, 2.45) is 0 Å². The number of carbonyl (C=O) groups is 2. The van der Waals surface area contributed by atoms with E-state index in [-0.39, 0.29) is 47.9 Å². The van der Waals surface area contributed by atoms with Crippen LogP contribution < -0.4 is 31.3 Å². The number of ether oxygens (including phenoxy) is 1. The molecule has 0 aliphatic carbocycles. The molecule has 1 aromatic heterocycles. The number of para-hydroxylation sites is 1. The maximum absolute atomic E-state index is 13.5. The van der Waals surface area contributed by atoms with Crippen molar-refractivity contribution in [3.8, 4) is 5.75 Å². The topological polar surface area (TPSA) is 188 Å². The van der Waals surface area contributed by atoms with Gasteiger partial charge in [-0.15, -0.1) is 0 Å². The fourth-order valence-corrected chi connectivity index (χ4v) is 6.39. The van der Waals surface area contributed by atoms with Gasteiger partial charge in [-0.1, -0.05) is 32.0 Å². The molecule has 6 rings (SSSR count). The average molecular weight is 562 g/mol. The van der Waals surface area contributed by atoms with Crippen LogP contribution in [0.4, 0.5) is 0 Å². The van der Waals surface area contributed by atoms with Gasteiger partial charge in [0.2, 0.25) is 0 Å². The number of nitrogens with one attached hydrogen (secondary N) is 7. The van der Waals surface area contributed by atoms with Crippen LogP contribution in [0.5, 0.6) is 5.75 Å². The average Bonchev–Trinajstić information content (AvgIpc) is 3.43. The molecule has 41 heavy (non-hydrogen) atoms. The Kier molecular flexibility index (Phi) is 6.29. The van der Waals surface area contributed by atoms with Gasteiger partial charge in [0, 0.05) is 24.8 Å². The molecule has 3 saturated heterocycles. The van der Waals surface area contributed by atoms with Crippen molar-refractivity contribution in [1.29, 1.82) is 10.8 Å². The normalized spacial score (nSPS) is 29.1. The Bertz CT molecular complexity index is 1430. The van der Waals surface area contributed by atoms with Gasteiger partial charge >= 0.3 is 0 Å². The van der Waals surface area contributed by atoms with E-state index in [1.807, 2.05) is 19.1 Å². The number of rotatable bonds is 5. The molecule has 4 aliphatic rings. The second kappa shape index (κ2) is 9.61. The highest BCUT2D eigenvalue weighted by molar-refractivity contribution is 5.98. The zero-order valence-corrected chi connectivity index (χ0v) is 23.2. The molecule has 5 atom stereocenters. The molecule has 0 radical (unpaired) electrons. The summed E-state index contributed by atoms with van der Waals surface area (Å²) >= 11 is 0. The summed E-state index contributed by atoms with van der Waals surface area (Å²) in [7, 11) is 0. The number of aromatic nitrogens is 1. The Labute approximate surface area is 237 Å². The van der Waals surface area contributed by atoms with Crippen molar-refractivity contribution in [2.45, 2.75) is 62.5 Å². The number of carbonyl (C=O) groups excluding carboxylic acids is 2. The summed E-state index contributed by atoms with van der Waals surface area (Å²) in [6.45, 7) is 6.87. The van der Waals surface area contributed by atoms with Gasteiger partial charge < -0.3 is 41.3 Å². The molecule has 13 nitrogen and oxygen atoms in total. The molecule has 8 N–H and O–H groups in total. The molecule has 0 bridgehead atoms. The molecule has 1 spiro atoms. The van der Waals surface area contributed by atoms with E-state index in [0.717, 1.165) is 17.5 Å². The van der Waals surface area contributed by atoms with Crippen LogP contribution in [0.15, 0.2) is 36.5 Å². The van der Waals surface area contributed by atoms with Crippen LogP contribution in [0.2, 0.25) is 0 Å². The molecule has 3 unspecified atom stereocenters. The van der Waals surface area contributed by atoms with E-state index < -0.39 is 29.9 Å². The standard InChI is InChI=1S/C28H35N9O4/c1-14-7-8-17(31-11-14)24(40)32-12-18-21-28(36-25(29)35-21)22(38)19(13-37(28)26(30)34-18)33-23(39)15-5-4-6-16-20(15)41-10-9-27(16,2)3/h4-8,11,18-19,21-22,38H,9-10,12-13H2,1-3H3,(H2,30,34)(H,32,40)(H,33,39)(H3,29,35,36)/t18-,19?,21?,22+,28?/m0/s1. The lowest BCUT2D eigenvalue weighted by molar-refractivity contribution is 0.00611. The first-order chi connectivity index (χ1) is 19.5. The molecule has 4 aliphatic heterocycles. The summed E-state index contributed by atoms with van der Waals surface area (Å²) < 4.78 is 5.93. The molecule has 1 aromatic carbocycles. The third kappa shape index (κ3) is 4.31. The number of fused-ring (bicyclic) bond motifs is 1. The van der Waals surface area contributed by atoms with Crippen LogP contribution in [0, 0.1) is 17.7 Å². The van der Waals surface area contributed by atoms with E-state index >= 15 is 0 Å². The Morgan fingerprint density at radius 2 is 2.00 bits per heavy atom. The number of pyridine rings is 1. The van der Waals surface area contributed by atoms with Crippen LogP contribution in [0.1, 0.15) is 52.2 Å². The number of benzene rings is 1. The first-order valence-electron chi connectivity index (χ1n) is 13.7. The lowest BCUT2D eigenvalue weighted by Gasteiger charge is -2.49. The predicted octanol–water partition coefficient (Wildman–Crippen LogP) is -0.246. The molecule has 0 saturated carbocycles. The van der Waals surface area contributed by atoms with E-state index in [4.69, 9.17) is 15.6 Å². The van der Waals surface area contributed by atoms with Gasteiger partial charge in [0.1, 0.15) is 17.5 Å². The summed E-state index contributed by atoms with van der Waals surface area (Å²) in [6, 6.07) is 7.03. The van der Waals surface area contributed by atoms with Gasteiger partial charge in [-0.05, 0) is 36.5 Å². The molecular weight excluding hydrogens is 526 g/mol. The number of nitrogens with zero attached hydrogens (tertiary/aromatic N) is 2. The fourth-order valence-electron chi connectivity index (χ4n) is 6.39. The van der Waals surface area contributed by atoms with Crippen LogP contribution in [-0.2, 0) is 5.41 Å². The van der Waals surface area contributed by atoms with Gasteiger partial charge in [0.05, 0.1) is 30.3 Å². The fraction of sp³-hybridized carbons (Fsp3) is 0.464. The third-order valence-corrected chi connectivity index (χ3v) is 8.66. The van der Waals surface area contributed by atoms with E-state index in [0.29, 0.717) is 17.9 Å². The summed E-state index contributed by atoms with van der Waals surface area (Å²) in [4.78, 5) is 32.1. The monoisotopic (exact) mass is 561 g/mol. The molecule has 2 amide bonds. The second-order valence-corrected chi connectivity index (χ2v) is 11.8.